The van der Waals surface area contributed by atoms with Crippen molar-refractivity contribution in [3.63, 3.8) is 0 Å². The fraction of sp³-hybridized carbons (Fsp3) is 0.538. The van der Waals surface area contributed by atoms with E-state index < -0.39 is 10.0 Å². The molecule has 0 fully saturated rings. The number of benzene rings is 1. The van der Waals surface area contributed by atoms with Crippen molar-refractivity contribution in [2.45, 2.75) is 20.4 Å². The van der Waals surface area contributed by atoms with Crippen molar-refractivity contribution in [2.24, 2.45) is 0 Å². The molecular formula is C13H22N2O3S. The van der Waals surface area contributed by atoms with Crippen molar-refractivity contribution in [1.82, 2.24) is 4.31 Å². The van der Waals surface area contributed by atoms with Gasteiger partial charge in [0.25, 0.3) is 0 Å². The van der Waals surface area contributed by atoms with Gasteiger partial charge in [-0.15, -0.1) is 0 Å². The molecule has 6 heteroatoms. The molecule has 1 aromatic rings. The van der Waals surface area contributed by atoms with Gasteiger partial charge in [0.2, 0.25) is 10.0 Å². The predicted octanol–water partition coefficient (Wildman–Crippen LogP) is 1.46. The molecule has 2 N–H and O–H groups in total. The Morgan fingerprint density at radius 1 is 1.26 bits per heavy atom. The summed E-state index contributed by atoms with van der Waals surface area (Å²) in [5.41, 5.74) is 7.28. The van der Waals surface area contributed by atoms with Crippen LogP contribution in [0.15, 0.2) is 24.3 Å². The van der Waals surface area contributed by atoms with E-state index in [1.54, 1.807) is 6.07 Å². The molecular weight excluding hydrogens is 264 g/mol. The Balaban J connectivity index is 2.75. The third-order valence-electron chi connectivity index (χ3n) is 2.84. The highest BCUT2D eigenvalue weighted by atomic mass is 32.2. The lowest BCUT2D eigenvalue weighted by Crippen LogP contribution is -2.34. The molecule has 0 unspecified atom stereocenters. The normalized spacial score (nSPS) is 11.9. The summed E-state index contributed by atoms with van der Waals surface area (Å²) in [5, 5.41) is 0. The molecule has 0 aliphatic heterocycles. The van der Waals surface area contributed by atoms with Crippen molar-refractivity contribution in [2.75, 3.05) is 31.2 Å². The van der Waals surface area contributed by atoms with Crippen LogP contribution in [-0.2, 0) is 21.3 Å². The van der Waals surface area contributed by atoms with Gasteiger partial charge in [0.15, 0.2) is 0 Å². The summed E-state index contributed by atoms with van der Waals surface area (Å²) in [6.07, 6.45) is 0. The highest BCUT2D eigenvalue weighted by molar-refractivity contribution is 7.89. The molecule has 0 saturated carbocycles. The lowest BCUT2D eigenvalue weighted by atomic mass is 10.2. The SMILES string of the molecule is CCOCCS(=O)(=O)N(CC)Cc1ccccc1N. The van der Waals surface area contributed by atoms with Gasteiger partial charge in [-0.1, -0.05) is 25.1 Å². The predicted molar refractivity (Wildman–Crippen MR) is 77.2 cm³/mol. The maximum Gasteiger partial charge on any atom is 0.216 e. The summed E-state index contributed by atoms with van der Waals surface area (Å²) in [7, 11) is -3.31. The first-order chi connectivity index (χ1) is 9.01. The molecule has 0 heterocycles. The van der Waals surface area contributed by atoms with E-state index >= 15 is 0 Å². The molecule has 0 spiro atoms. The molecule has 1 rings (SSSR count). The van der Waals surface area contributed by atoms with Crippen LogP contribution < -0.4 is 5.73 Å². The van der Waals surface area contributed by atoms with Gasteiger partial charge in [0, 0.05) is 25.4 Å². The standard InChI is InChI=1S/C13H22N2O3S/c1-3-15(19(16,17)10-9-18-4-2)11-12-7-5-6-8-13(12)14/h5-8H,3-4,9-11,14H2,1-2H3. The van der Waals surface area contributed by atoms with E-state index in [9.17, 15) is 8.42 Å². The Labute approximate surface area is 115 Å². The van der Waals surface area contributed by atoms with Crippen molar-refractivity contribution >= 4 is 15.7 Å². The van der Waals surface area contributed by atoms with Gasteiger partial charge in [-0.25, -0.2) is 8.42 Å². The minimum Gasteiger partial charge on any atom is -0.398 e. The van der Waals surface area contributed by atoms with Crippen LogP contribution in [0.3, 0.4) is 0 Å². The minimum absolute atomic E-state index is 0.00141. The van der Waals surface area contributed by atoms with Crippen molar-refractivity contribution in [3.05, 3.63) is 29.8 Å². The van der Waals surface area contributed by atoms with Gasteiger partial charge in [0.05, 0.1) is 12.4 Å². The second-order valence-corrected chi connectivity index (χ2v) is 6.23. The number of para-hydroxylation sites is 1. The smallest absolute Gasteiger partial charge is 0.216 e. The van der Waals surface area contributed by atoms with E-state index in [2.05, 4.69) is 0 Å². The summed E-state index contributed by atoms with van der Waals surface area (Å²) in [5.74, 6) is 0.00141. The number of hydrogen-bond donors (Lipinski definition) is 1. The van der Waals surface area contributed by atoms with Gasteiger partial charge >= 0.3 is 0 Å². The van der Waals surface area contributed by atoms with E-state index in [1.807, 2.05) is 32.0 Å². The van der Waals surface area contributed by atoms with Gasteiger partial charge in [-0.2, -0.15) is 4.31 Å². The van der Waals surface area contributed by atoms with Gasteiger partial charge in [-0.3, -0.25) is 0 Å². The first kappa shape index (κ1) is 15.9. The summed E-state index contributed by atoms with van der Waals surface area (Å²) >= 11 is 0. The van der Waals surface area contributed by atoms with Gasteiger partial charge in [0.1, 0.15) is 0 Å². The summed E-state index contributed by atoms with van der Waals surface area (Å²) in [6.45, 7) is 5.12. The summed E-state index contributed by atoms with van der Waals surface area (Å²) in [4.78, 5) is 0. The fourth-order valence-electron chi connectivity index (χ4n) is 1.71. The molecule has 0 radical (unpaired) electrons. The summed E-state index contributed by atoms with van der Waals surface area (Å²) in [6, 6.07) is 7.30. The third-order valence-corrected chi connectivity index (χ3v) is 4.69. The Morgan fingerprint density at radius 3 is 2.53 bits per heavy atom. The zero-order chi connectivity index (χ0) is 14.3. The number of hydrogen-bond acceptors (Lipinski definition) is 4. The second kappa shape index (κ2) is 7.47. The fourth-order valence-corrected chi connectivity index (χ4v) is 3.03. The van der Waals surface area contributed by atoms with E-state index in [0.29, 0.717) is 25.4 Å². The number of nitrogens with zero attached hydrogens (tertiary/aromatic N) is 1. The van der Waals surface area contributed by atoms with Crippen LogP contribution in [0, 0.1) is 0 Å². The van der Waals surface area contributed by atoms with Crippen LogP contribution in [0.4, 0.5) is 5.69 Å². The highest BCUT2D eigenvalue weighted by Gasteiger charge is 2.21. The van der Waals surface area contributed by atoms with Gasteiger partial charge < -0.3 is 10.5 Å². The van der Waals surface area contributed by atoms with Crippen molar-refractivity contribution in [3.8, 4) is 0 Å². The van der Waals surface area contributed by atoms with Crippen LogP contribution in [0.2, 0.25) is 0 Å². The molecule has 0 aromatic heterocycles. The number of anilines is 1. The van der Waals surface area contributed by atoms with Gasteiger partial charge in [-0.05, 0) is 18.6 Å². The molecule has 0 atom stereocenters. The number of nitrogens with two attached hydrogens (primary N) is 1. The van der Waals surface area contributed by atoms with Crippen molar-refractivity contribution in [1.29, 1.82) is 0 Å². The van der Waals surface area contributed by atoms with Crippen LogP contribution in [0.25, 0.3) is 0 Å². The molecule has 0 amide bonds. The minimum atomic E-state index is -3.31. The number of nitrogen functional groups attached to an aromatic ring is 1. The Bertz CT molecular complexity index is 488. The first-order valence-electron chi connectivity index (χ1n) is 6.40. The Hall–Kier alpha value is -1.11. The monoisotopic (exact) mass is 286 g/mol. The number of rotatable bonds is 8. The lowest BCUT2D eigenvalue weighted by Gasteiger charge is -2.21. The lowest BCUT2D eigenvalue weighted by molar-refractivity contribution is 0.162. The first-order valence-corrected chi connectivity index (χ1v) is 8.01. The van der Waals surface area contributed by atoms with E-state index in [0.717, 1.165) is 5.56 Å². The average Bonchev–Trinajstić information content (AvgIpc) is 2.37. The topological polar surface area (TPSA) is 72.6 Å². The molecule has 0 aliphatic carbocycles. The molecule has 0 saturated heterocycles. The number of ether oxygens (including phenoxy) is 1. The maximum atomic E-state index is 12.2. The Morgan fingerprint density at radius 2 is 1.95 bits per heavy atom. The summed E-state index contributed by atoms with van der Waals surface area (Å²) < 4.78 is 30.9. The van der Waals surface area contributed by atoms with E-state index in [-0.39, 0.29) is 12.4 Å². The molecule has 0 bridgehead atoms. The highest BCUT2D eigenvalue weighted by Crippen LogP contribution is 2.15. The maximum absolute atomic E-state index is 12.2. The van der Waals surface area contributed by atoms with Crippen LogP contribution in [0.5, 0.6) is 0 Å². The quantitative estimate of drug-likeness (QED) is 0.580. The molecule has 108 valence electrons. The third kappa shape index (κ3) is 4.81. The molecule has 19 heavy (non-hydrogen) atoms. The second-order valence-electron chi connectivity index (χ2n) is 4.14. The van der Waals surface area contributed by atoms with Crippen LogP contribution in [-0.4, -0.2) is 38.2 Å². The molecule has 0 aliphatic rings. The number of sulfonamides is 1. The van der Waals surface area contributed by atoms with E-state index in [1.165, 1.54) is 4.31 Å². The zero-order valence-electron chi connectivity index (χ0n) is 11.5. The molecule has 5 nitrogen and oxygen atoms in total. The van der Waals surface area contributed by atoms with Crippen LogP contribution >= 0.6 is 0 Å². The average molecular weight is 286 g/mol. The van der Waals surface area contributed by atoms with Crippen molar-refractivity contribution < 1.29 is 13.2 Å². The zero-order valence-corrected chi connectivity index (χ0v) is 12.3. The molecule has 1 aromatic carbocycles. The van der Waals surface area contributed by atoms with E-state index in [4.69, 9.17) is 10.5 Å². The largest absolute Gasteiger partial charge is 0.398 e. The Kier molecular flexibility index (Phi) is 6.27. The van der Waals surface area contributed by atoms with Crippen LogP contribution in [0.1, 0.15) is 19.4 Å².